The highest BCUT2D eigenvalue weighted by Gasteiger charge is 2.50. The lowest BCUT2D eigenvalue weighted by atomic mass is 9.65. The molecule has 0 aliphatic heterocycles. The third kappa shape index (κ3) is 2.62. The highest BCUT2D eigenvalue weighted by Crippen LogP contribution is 2.54. The van der Waals surface area contributed by atoms with Crippen molar-refractivity contribution in [2.24, 2.45) is 0 Å². The number of rotatable bonds is 7. The average molecular weight is 353 g/mol. The summed E-state index contributed by atoms with van der Waals surface area (Å²) >= 11 is 0. The van der Waals surface area contributed by atoms with Crippen molar-refractivity contribution < 1.29 is 9.47 Å². The first kappa shape index (κ1) is 19.1. The van der Waals surface area contributed by atoms with E-state index in [1.807, 2.05) is 0 Å². The molecule has 0 N–H and O–H groups in total. The summed E-state index contributed by atoms with van der Waals surface area (Å²) in [6.07, 6.45) is 2.83. The normalized spacial score (nSPS) is 24.2. The Bertz CT molecular complexity index is 767. The van der Waals surface area contributed by atoms with Crippen molar-refractivity contribution in [1.29, 1.82) is 0 Å². The number of fused-ring (bicyclic) bond motifs is 2. The van der Waals surface area contributed by atoms with Gasteiger partial charge in [0.05, 0.1) is 0 Å². The van der Waals surface area contributed by atoms with Crippen LogP contribution in [0.25, 0.3) is 0 Å². The van der Waals surface area contributed by atoms with Crippen LogP contribution in [0, 0.1) is 0 Å². The molecule has 2 heteroatoms. The summed E-state index contributed by atoms with van der Waals surface area (Å²) in [7, 11) is 0. The van der Waals surface area contributed by atoms with Crippen LogP contribution in [0.15, 0.2) is 42.5 Å². The lowest BCUT2D eigenvalue weighted by Crippen LogP contribution is -2.45. The molecule has 0 fully saturated rings. The molecule has 0 bridgehead atoms. The Morgan fingerprint density at radius 1 is 0.654 bits per heavy atom. The summed E-state index contributed by atoms with van der Waals surface area (Å²) in [5, 5.41) is 0. The van der Waals surface area contributed by atoms with E-state index in [9.17, 15) is 0 Å². The molecule has 0 amide bonds. The van der Waals surface area contributed by atoms with Gasteiger partial charge in [0.2, 0.25) is 0 Å². The van der Waals surface area contributed by atoms with E-state index in [4.69, 9.17) is 9.47 Å². The lowest BCUT2D eigenvalue weighted by Gasteiger charge is -2.48. The highest BCUT2D eigenvalue weighted by atomic mass is 16.5. The largest absolute Gasteiger partial charge is 0.366 e. The molecule has 1 aliphatic rings. The average Bonchev–Trinajstić information content (AvgIpc) is 2.70. The molecule has 0 spiro atoms. The summed E-state index contributed by atoms with van der Waals surface area (Å²) in [5.41, 5.74) is 5.63. The maximum Gasteiger partial charge on any atom is 0.119 e. The van der Waals surface area contributed by atoms with Crippen LogP contribution in [0.4, 0.5) is 0 Å². The molecule has 0 saturated carbocycles. The van der Waals surface area contributed by atoms with Crippen molar-refractivity contribution >= 4 is 0 Å². The molecule has 0 saturated heterocycles. The van der Waals surface area contributed by atoms with Crippen molar-refractivity contribution in [2.45, 2.75) is 65.1 Å². The molecule has 0 heterocycles. The molecular weight excluding hydrogens is 320 g/mol. The fraction of sp³-hybridized carbons (Fsp3) is 0.500. The SMILES string of the molecule is CCOC1(CC)c2ccccc2C(CC)(OCC)c2cc(CC)ccc21. The number of benzene rings is 2. The number of hydrogen-bond acceptors (Lipinski definition) is 2. The standard InChI is InChI=1S/C24H32O2/c1-6-18-15-16-21-22(17-18)24(8-3,26-10-5)20-14-12-11-13-19(20)23(21,7-2)25-9-4/h11-17H,6-10H2,1-5H3. The monoisotopic (exact) mass is 352 g/mol. The molecule has 2 aromatic rings. The number of aryl methyl sites for hydroxylation is 1. The first-order valence-corrected chi connectivity index (χ1v) is 10.1. The van der Waals surface area contributed by atoms with E-state index >= 15 is 0 Å². The number of hydrogen-bond donors (Lipinski definition) is 0. The summed E-state index contributed by atoms with van der Waals surface area (Å²) in [6, 6.07) is 15.6. The molecule has 2 nitrogen and oxygen atoms in total. The zero-order valence-electron chi connectivity index (χ0n) is 16.9. The zero-order valence-corrected chi connectivity index (χ0v) is 16.9. The van der Waals surface area contributed by atoms with Crippen molar-refractivity contribution in [3.63, 3.8) is 0 Å². The van der Waals surface area contributed by atoms with Crippen molar-refractivity contribution in [2.75, 3.05) is 13.2 Å². The zero-order chi connectivity index (χ0) is 18.8. The summed E-state index contributed by atoms with van der Waals surface area (Å²) in [5.74, 6) is 0. The van der Waals surface area contributed by atoms with Gasteiger partial charge in [-0.2, -0.15) is 0 Å². The topological polar surface area (TPSA) is 18.5 Å². The Morgan fingerprint density at radius 3 is 1.62 bits per heavy atom. The molecule has 0 radical (unpaired) electrons. The lowest BCUT2D eigenvalue weighted by molar-refractivity contribution is -0.0530. The molecular formula is C24H32O2. The Kier molecular flexibility index (Phi) is 5.55. The quantitative estimate of drug-likeness (QED) is 0.613. The fourth-order valence-electron chi connectivity index (χ4n) is 4.74. The smallest absolute Gasteiger partial charge is 0.119 e. The molecule has 140 valence electrons. The molecule has 2 unspecified atom stereocenters. The van der Waals surface area contributed by atoms with E-state index in [2.05, 4.69) is 77.1 Å². The van der Waals surface area contributed by atoms with Gasteiger partial charge in [0.15, 0.2) is 0 Å². The maximum absolute atomic E-state index is 6.53. The summed E-state index contributed by atoms with van der Waals surface area (Å²) in [6.45, 7) is 12.2. The van der Waals surface area contributed by atoms with Gasteiger partial charge in [-0.15, -0.1) is 0 Å². The van der Waals surface area contributed by atoms with Crippen LogP contribution >= 0.6 is 0 Å². The van der Waals surface area contributed by atoms with Crippen molar-refractivity contribution in [3.8, 4) is 0 Å². The Morgan fingerprint density at radius 2 is 1.15 bits per heavy atom. The first-order valence-electron chi connectivity index (χ1n) is 10.1. The van der Waals surface area contributed by atoms with Crippen LogP contribution in [0.5, 0.6) is 0 Å². The summed E-state index contributed by atoms with van der Waals surface area (Å²) in [4.78, 5) is 0. The predicted molar refractivity (Wildman–Crippen MR) is 108 cm³/mol. The van der Waals surface area contributed by atoms with E-state index in [-0.39, 0.29) is 0 Å². The fourth-order valence-corrected chi connectivity index (χ4v) is 4.74. The Balaban J connectivity index is 2.41. The van der Waals surface area contributed by atoms with E-state index in [1.165, 1.54) is 27.8 Å². The van der Waals surface area contributed by atoms with E-state index in [0.29, 0.717) is 13.2 Å². The van der Waals surface area contributed by atoms with Gasteiger partial charge in [0, 0.05) is 13.2 Å². The molecule has 26 heavy (non-hydrogen) atoms. The highest BCUT2D eigenvalue weighted by molar-refractivity contribution is 5.58. The Labute approximate surface area is 158 Å². The van der Waals surface area contributed by atoms with Crippen LogP contribution in [-0.2, 0) is 27.1 Å². The third-order valence-corrected chi connectivity index (χ3v) is 5.94. The van der Waals surface area contributed by atoms with Crippen LogP contribution < -0.4 is 0 Å². The number of ether oxygens (including phenoxy) is 2. The maximum atomic E-state index is 6.53. The van der Waals surface area contributed by atoms with Crippen molar-refractivity contribution in [3.05, 3.63) is 70.3 Å². The minimum absolute atomic E-state index is 0.400. The van der Waals surface area contributed by atoms with Gasteiger partial charge >= 0.3 is 0 Å². The van der Waals surface area contributed by atoms with Gasteiger partial charge < -0.3 is 9.47 Å². The molecule has 2 aromatic carbocycles. The summed E-state index contributed by atoms with van der Waals surface area (Å²) < 4.78 is 13.0. The first-order chi connectivity index (χ1) is 12.6. The van der Waals surface area contributed by atoms with E-state index < -0.39 is 11.2 Å². The van der Waals surface area contributed by atoms with Crippen LogP contribution in [0.1, 0.15) is 75.3 Å². The van der Waals surface area contributed by atoms with Gasteiger partial charge in [-0.3, -0.25) is 0 Å². The van der Waals surface area contributed by atoms with Gasteiger partial charge in [0.1, 0.15) is 11.2 Å². The van der Waals surface area contributed by atoms with Gasteiger partial charge in [0.25, 0.3) is 0 Å². The van der Waals surface area contributed by atoms with Crippen molar-refractivity contribution in [1.82, 2.24) is 0 Å². The van der Waals surface area contributed by atoms with Crippen LogP contribution in [0.3, 0.4) is 0 Å². The van der Waals surface area contributed by atoms with Gasteiger partial charge in [-0.25, -0.2) is 0 Å². The van der Waals surface area contributed by atoms with Gasteiger partial charge in [-0.05, 0) is 60.9 Å². The van der Waals surface area contributed by atoms with Crippen LogP contribution in [-0.4, -0.2) is 13.2 Å². The second-order valence-corrected chi connectivity index (χ2v) is 7.01. The third-order valence-electron chi connectivity index (χ3n) is 5.94. The molecule has 0 aromatic heterocycles. The van der Waals surface area contributed by atoms with E-state index in [1.54, 1.807) is 0 Å². The Hall–Kier alpha value is -1.64. The second kappa shape index (κ2) is 7.54. The van der Waals surface area contributed by atoms with Crippen LogP contribution in [0.2, 0.25) is 0 Å². The molecule has 1 aliphatic carbocycles. The second-order valence-electron chi connectivity index (χ2n) is 7.01. The molecule has 2 atom stereocenters. The predicted octanol–water partition coefficient (Wildman–Crippen LogP) is 5.94. The van der Waals surface area contributed by atoms with Gasteiger partial charge in [-0.1, -0.05) is 63.2 Å². The minimum atomic E-state index is -0.401. The molecule has 3 rings (SSSR count). The minimum Gasteiger partial charge on any atom is -0.366 e. The van der Waals surface area contributed by atoms with E-state index in [0.717, 1.165) is 19.3 Å².